The fourth-order valence-corrected chi connectivity index (χ4v) is 4.14. The molecule has 5 heteroatoms. The van der Waals surface area contributed by atoms with Gasteiger partial charge in [0, 0.05) is 19.3 Å². The number of hydrogen-bond acceptors (Lipinski definition) is 4. The summed E-state index contributed by atoms with van der Waals surface area (Å²) in [6.07, 6.45) is 0.484. The fourth-order valence-electron chi connectivity index (χ4n) is 1.76. The van der Waals surface area contributed by atoms with Gasteiger partial charge in [0.1, 0.15) is 0 Å². The van der Waals surface area contributed by atoms with E-state index in [1.54, 1.807) is 0 Å². The van der Waals surface area contributed by atoms with Gasteiger partial charge in [0.05, 0.1) is 0 Å². The summed E-state index contributed by atoms with van der Waals surface area (Å²) in [5, 5.41) is 0. The smallest absolute Gasteiger partial charge is 0.272 e. The zero-order valence-corrected chi connectivity index (χ0v) is 7.17. The monoisotopic (exact) mass is 186 g/mol. The molecule has 0 aromatic rings. The molecule has 0 radical (unpaired) electrons. The van der Waals surface area contributed by atoms with E-state index in [2.05, 4.69) is 0 Å². The molecule has 0 aliphatic carbocycles. The van der Waals surface area contributed by atoms with Gasteiger partial charge in [-0.3, -0.25) is 18.9 Å². The molecule has 0 amide bonds. The van der Waals surface area contributed by atoms with E-state index in [1.807, 2.05) is 0 Å². The third-order valence-corrected chi connectivity index (χ3v) is 5.10. The summed E-state index contributed by atoms with van der Waals surface area (Å²) in [6, 6.07) is 0. The molecule has 0 unspecified atom stereocenters. The van der Waals surface area contributed by atoms with Crippen molar-refractivity contribution in [3.63, 3.8) is 0 Å². The summed E-state index contributed by atoms with van der Waals surface area (Å²) in [6.45, 7) is 0. The molecule has 3 heterocycles. The van der Waals surface area contributed by atoms with Crippen LogP contribution in [0.3, 0.4) is 0 Å². The van der Waals surface area contributed by atoms with Crippen molar-refractivity contribution < 1.29 is 18.9 Å². The maximum Gasteiger partial charge on any atom is 0.272 e. The lowest BCUT2D eigenvalue weighted by Gasteiger charge is -2.31. The lowest BCUT2D eigenvalue weighted by molar-refractivity contribution is -0.124. The van der Waals surface area contributed by atoms with Crippen molar-refractivity contribution in [3.05, 3.63) is 0 Å². The van der Waals surface area contributed by atoms with Crippen LogP contribution in [0, 0.1) is 5.92 Å². The first-order valence-corrected chi connectivity index (χ1v) is 5.46. The Balaban J connectivity index is 2.58. The number of carbonyl (C=O) groups is 3. The molecule has 12 heavy (non-hydrogen) atoms. The normalized spacial score (nSPS) is 40.7. The first-order valence-electron chi connectivity index (χ1n) is 3.75. The van der Waals surface area contributed by atoms with E-state index in [4.69, 9.17) is 0 Å². The Hall–Kier alpha value is -0.760. The van der Waals surface area contributed by atoms with Gasteiger partial charge in [0.25, 0.3) is 7.14 Å². The highest BCUT2D eigenvalue weighted by Crippen LogP contribution is 2.61. The number of rotatable bonds is 0. The second-order valence-corrected chi connectivity index (χ2v) is 5.98. The summed E-state index contributed by atoms with van der Waals surface area (Å²) in [4.78, 5) is 33.3. The molecule has 0 atom stereocenters. The van der Waals surface area contributed by atoms with Gasteiger partial charge in [-0.05, 0) is 5.92 Å². The van der Waals surface area contributed by atoms with Gasteiger partial charge < -0.3 is 0 Å². The van der Waals surface area contributed by atoms with Gasteiger partial charge >= 0.3 is 0 Å². The minimum Gasteiger partial charge on any atom is -0.299 e. The van der Waals surface area contributed by atoms with Crippen LogP contribution in [0.1, 0.15) is 19.3 Å². The molecule has 0 aromatic carbocycles. The van der Waals surface area contributed by atoms with Crippen LogP contribution in [0.15, 0.2) is 0 Å². The molecule has 3 fully saturated rings. The van der Waals surface area contributed by atoms with E-state index in [1.165, 1.54) is 0 Å². The van der Waals surface area contributed by atoms with Gasteiger partial charge in [0.15, 0.2) is 0 Å². The van der Waals surface area contributed by atoms with Crippen molar-refractivity contribution in [2.45, 2.75) is 19.3 Å². The lowest BCUT2D eigenvalue weighted by Crippen LogP contribution is -2.34. The van der Waals surface area contributed by atoms with Crippen LogP contribution in [-0.2, 0) is 18.9 Å². The summed E-state index contributed by atoms with van der Waals surface area (Å²) < 4.78 is 11.6. The zero-order valence-electron chi connectivity index (χ0n) is 6.28. The summed E-state index contributed by atoms with van der Waals surface area (Å²) in [5.74, 6) is -0.159. The van der Waals surface area contributed by atoms with Crippen molar-refractivity contribution in [3.8, 4) is 0 Å². The quantitative estimate of drug-likeness (QED) is 0.523. The molecular weight excluding hydrogens is 179 g/mol. The van der Waals surface area contributed by atoms with E-state index >= 15 is 0 Å². The van der Waals surface area contributed by atoms with Crippen LogP contribution < -0.4 is 0 Å². The van der Waals surface area contributed by atoms with Crippen LogP contribution in [0.5, 0.6) is 0 Å². The Morgan fingerprint density at radius 3 is 1.50 bits per heavy atom. The second kappa shape index (κ2) is 2.13. The molecule has 4 nitrogen and oxygen atoms in total. The standard InChI is InChI=1S/C7H7O4P/c8-5-1-4-2-6(9)12(5,11)7(10)3-4/h4H,1-3H2. The van der Waals surface area contributed by atoms with Gasteiger partial charge in [-0.15, -0.1) is 0 Å². The zero-order chi connectivity index (χ0) is 8.93. The first-order chi connectivity index (χ1) is 5.55. The van der Waals surface area contributed by atoms with Crippen molar-refractivity contribution in [1.29, 1.82) is 0 Å². The molecule has 3 rings (SSSR count). The molecule has 3 saturated heterocycles. The Bertz CT molecular complexity index is 291. The molecule has 0 aromatic heterocycles. The maximum atomic E-state index is 11.6. The summed E-state index contributed by atoms with van der Waals surface area (Å²) >= 11 is 0. The van der Waals surface area contributed by atoms with E-state index in [-0.39, 0.29) is 25.2 Å². The van der Waals surface area contributed by atoms with Gasteiger partial charge in [0.2, 0.25) is 16.6 Å². The van der Waals surface area contributed by atoms with Gasteiger partial charge in [-0.1, -0.05) is 0 Å². The van der Waals surface area contributed by atoms with Crippen molar-refractivity contribution >= 4 is 23.7 Å². The Labute approximate surface area is 68.7 Å². The van der Waals surface area contributed by atoms with Gasteiger partial charge in [-0.25, -0.2) is 0 Å². The SMILES string of the molecule is O=C1CC2CC(=O)P1(=O)C(=O)C2. The van der Waals surface area contributed by atoms with Crippen LogP contribution in [0.2, 0.25) is 0 Å². The van der Waals surface area contributed by atoms with E-state index < -0.39 is 23.7 Å². The fraction of sp³-hybridized carbons (Fsp3) is 0.571. The maximum absolute atomic E-state index is 11.6. The average Bonchev–Trinajstić information content (AvgIpc) is 1.96. The van der Waals surface area contributed by atoms with E-state index in [9.17, 15) is 18.9 Å². The minimum atomic E-state index is -3.72. The largest absolute Gasteiger partial charge is 0.299 e. The Morgan fingerprint density at radius 2 is 1.25 bits per heavy atom. The third kappa shape index (κ3) is 0.734. The summed E-state index contributed by atoms with van der Waals surface area (Å²) in [7, 11) is -3.72. The Kier molecular flexibility index (Phi) is 1.40. The van der Waals surface area contributed by atoms with Crippen molar-refractivity contribution in [2.75, 3.05) is 0 Å². The van der Waals surface area contributed by atoms with Crippen LogP contribution in [0.25, 0.3) is 0 Å². The van der Waals surface area contributed by atoms with E-state index in [0.717, 1.165) is 0 Å². The molecule has 2 bridgehead atoms. The topological polar surface area (TPSA) is 68.3 Å². The van der Waals surface area contributed by atoms with Crippen molar-refractivity contribution in [1.82, 2.24) is 0 Å². The molecule has 3 aliphatic heterocycles. The Morgan fingerprint density at radius 1 is 0.917 bits per heavy atom. The average molecular weight is 186 g/mol. The molecular formula is C7H7O4P. The number of carbonyl (C=O) groups excluding carboxylic acids is 3. The minimum absolute atomic E-state index is 0.159. The first kappa shape index (κ1) is 7.87. The van der Waals surface area contributed by atoms with Gasteiger partial charge in [-0.2, -0.15) is 0 Å². The molecule has 64 valence electrons. The highest BCUT2D eigenvalue weighted by atomic mass is 31.2. The van der Waals surface area contributed by atoms with Crippen molar-refractivity contribution in [2.24, 2.45) is 5.92 Å². The van der Waals surface area contributed by atoms with Crippen LogP contribution in [0.4, 0.5) is 0 Å². The summed E-state index contributed by atoms with van der Waals surface area (Å²) in [5.41, 5.74) is -1.83. The predicted molar refractivity (Wildman–Crippen MR) is 40.0 cm³/mol. The highest BCUT2D eigenvalue weighted by molar-refractivity contribution is 8.06. The number of fused-ring (bicyclic) bond motifs is 3. The lowest BCUT2D eigenvalue weighted by atomic mass is 9.98. The van der Waals surface area contributed by atoms with Crippen LogP contribution in [-0.4, -0.2) is 16.6 Å². The molecule has 0 N–H and O–H groups in total. The highest BCUT2D eigenvalue weighted by Gasteiger charge is 2.55. The molecule has 0 saturated carbocycles. The predicted octanol–water partition coefficient (Wildman–Crippen LogP) is 0.743. The molecule has 3 aliphatic rings. The third-order valence-electron chi connectivity index (χ3n) is 2.44. The second-order valence-electron chi connectivity index (χ2n) is 3.27. The van der Waals surface area contributed by atoms with Crippen LogP contribution >= 0.6 is 7.14 Å². The van der Waals surface area contributed by atoms with E-state index in [0.29, 0.717) is 0 Å². The number of hydrogen-bond donors (Lipinski definition) is 0. The molecule has 0 spiro atoms.